The van der Waals surface area contributed by atoms with Gasteiger partial charge in [0.05, 0.1) is 44.2 Å². The van der Waals surface area contributed by atoms with Crippen molar-refractivity contribution in [3.05, 3.63) is 107 Å². The number of hydrogen-bond acceptors (Lipinski definition) is 10. The number of nitrogens with zero attached hydrogens (tertiary/aromatic N) is 2. The third-order valence-corrected chi connectivity index (χ3v) is 7.65. The molecule has 0 spiro atoms. The Bertz CT molecular complexity index is 1730. The van der Waals surface area contributed by atoms with Crippen molar-refractivity contribution in [1.29, 1.82) is 0 Å². The Morgan fingerprint density at radius 1 is 0.740 bits per heavy atom. The molecular formula is C36H40F2N6O6. The number of carbonyl (C=O) groups is 2. The monoisotopic (exact) mass is 690 g/mol. The number of hydrogen-bond donors (Lipinski definition) is 4. The molecule has 2 aromatic carbocycles. The number of rotatable bonds is 10. The molecule has 14 heteroatoms. The number of morpholine rings is 2. The first-order valence-corrected chi connectivity index (χ1v) is 16.4. The second-order valence-corrected chi connectivity index (χ2v) is 11.1. The molecule has 2 atom stereocenters. The Labute approximate surface area is 288 Å². The smallest absolute Gasteiger partial charge is 0.257 e. The molecule has 0 bridgehead atoms. The lowest BCUT2D eigenvalue weighted by Gasteiger charge is -2.24. The number of aromatic nitrogens is 2. The van der Waals surface area contributed by atoms with Gasteiger partial charge < -0.3 is 40.2 Å². The van der Waals surface area contributed by atoms with E-state index in [0.717, 1.165) is 13.1 Å². The van der Waals surface area contributed by atoms with Crippen molar-refractivity contribution in [3.63, 3.8) is 0 Å². The van der Waals surface area contributed by atoms with Crippen LogP contribution in [0.25, 0.3) is 0 Å². The molecule has 0 unspecified atom stereocenters. The summed E-state index contributed by atoms with van der Waals surface area (Å²) in [6.45, 7) is 8.43. The summed E-state index contributed by atoms with van der Waals surface area (Å²) in [5.41, 5.74) is 2.48. The van der Waals surface area contributed by atoms with Gasteiger partial charge in [0.15, 0.2) is 0 Å². The van der Waals surface area contributed by atoms with Gasteiger partial charge in [-0.3, -0.25) is 9.59 Å². The number of halogens is 2. The highest BCUT2D eigenvalue weighted by Gasteiger charge is 2.21. The van der Waals surface area contributed by atoms with Crippen molar-refractivity contribution in [3.8, 4) is 11.8 Å². The average Bonchev–Trinajstić information content (AvgIpc) is 3.13. The Morgan fingerprint density at radius 3 is 1.78 bits per heavy atom. The normalized spacial score (nSPS) is 17.1. The van der Waals surface area contributed by atoms with E-state index in [1.54, 1.807) is 48.5 Å². The van der Waals surface area contributed by atoms with Crippen LogP contribution in [-0.2, 0) is 9.47 Å². The topological polar surface area (TPSA) is 145 Å². The summed E-state index contributed by atoms with van der Waals surface area (Å²) in [7, 11) is 0. The van der Waals surface area contributed by atoms with Crippen LogP contribution in [0, 0.1) is 11.6 Å². The summed E-state index contributed by atoms with van der Waals surface area (Å²) in [4.78, 5) is 32.6. The molecule has 0 radical (unpaired) electrons. The predicted octanol–water partition coefficient (Wildman–Crippen LogP) is 5.07. The molecule has 4 N–H and O–H groups in total. The Balaban J connectivity index is 0.000000194. The zero-order chi connectivity index (χ0) is 35.3. The van der Waals surface area contributed by atoms with Crippen LogP contribution in [-0.4, -0.2) is 74.4 Å². The van der Waals surface area contributed by atoms with Gasteiger partial charge in [-0.05, 0) is 50.2 Å². The fourth-order valence-corrected chi connectivity index (χ4v) is 5.19. The summed E-state index contributed by atoms with van der Waals surface area (Å²) < 4.78 is 50.3. The van der Waals surface area contributed by atoms with Crippen molar-refractivity contribution < 1.29 is 37.3 Å². The summed E-state index contributed by atoms with van der Waals surface area (Å²) in [6.07, 6.45) is 2.30. The largest absolute Gasteiger partial charge is 0.478 e. The third kappa shape index (κ3) is 10.0. The highest BCUT2D eigenvalue weighted by molar-refractivity contribution is 6.04. The lowest BCUT2D eigenvalue weighted by atomic mass is 10.1. The first-order chi connectivity index (χ1) is 24.3. The lowest BCUT2D eigenvalue weighted by molar-refractivity contribution is 0.0254. The highest BCUT2D eigenvalue weighted by Crippen LogP contribution is 2.26. The Hall–Kier alpha value is -5.02. The summed E-state index contributed by atoms with van der Waals surface area (Å²) in [5.74, 6) is -0.703. The maximum absolute atomic E-state index is 14.4. The van der Waals surface area contributed by atoms with Crippen molar-refractivity contribution in [2.24, 2.45) is 0 Å². The van der Waals surface area contributed by atoms with Crippen molar-refractivity contribution >= 4 is 23.2 Å². The molecule has 50 heavy (non-hydrogen) atoms. The van der Waals surface area contributed by atoms with Gasteiger partial charge in [0.1, 0.15) is 11.6 Å². The lowest BCUT2D eigenvalue weighted by Crippen LogP contribution is -2.33. The first kappa shape index (κ1) is 36.3. The molecule has 2 aromatic heterocycles. The van der Waals surface area contributed by atoms with Gasteiger partial charge in [-0.25, -0.2) is 18.7 Å². The van der Waals surface area contributed by atoms with Crippen LogP contribution >= 0.6 is 0 Å². The quantitative estimate of drug-likeness (QED) is 0.178. The van der Waals surface area contributed by atoms with E-state index in [1.807, 2.05) is 13.8 Å². The molecule has 0 saturated carbocycles. The molecule has 2 fully saturated rings. The van der Waals surface area contributed by atoms with Gasteiger partial charge >= 0.3 is 0 Å². The van der Waals surface area contributed by atoms with Crippen LogP contribution in [0.3, 0.4) is 0 Å². The highest BCUT2D eigenvalue weighted by atomic mass is 19.1. The number of benzene rings is 2. The average molecular weight is 691 g/mol. The first-order valence-electron chi connectivity index (χ1n) is 16.4. The van der Waals surface area contributed by atoms with Crippen LogP contribution in [0.2, 0.25) is 0 Å². The fourth-order valence-electron chi connectivity index (χ4n) is 5.19. The Kier molecular flexibility index (Phi) is 13.1. The second kappa shape index (κ2) is 18.1. The van der Waals surface area contributed by atoms with Gasteiger partial charge in [0.25, 0.3) is 11.8 Å². The van der Waals surface area contributed by atoms with Crippen LogP contribution in [0.4, 0.5) is 20.2 Å². The van der Waals surface area contributed by atoms with Gasteiger partial charge in [0.2, 0.25) is 11.8 Å². The zero-order valence-electron chi connectivity index (χ0n) is 27.8. The van der Waals surface area contributed by atoms with E-state index in [9.17, 15) is 18.4 Å². The fraction of sp³-hybridized carbons (Fsp3) is 0.333. The number of carbonyl (C=O) groups excluding carboxylic acids is 2. The van der Waals surface area contributed by atoms with Gasteiger partial charge in [-0.2, -0.15) is 0 Å². The minimum absolute atomic E-state index is 0.311. The van der Waals surface area contributed by atoms with Crippen LogP contribution in [0.5, 0.6) is 11.8 Å². The van der Waals surface area contributed by atoms with E-state index < -0.39 is 11.6 Å². The minimum Gasteiger partial charge on any atom is -0.478 e. The van der Waals surface area contributed by atoms with Gasteiger partial charge in [-0.15, -0.1) is 0 Å². The van der Waals surface area contributed by atoms with E-state index in [-0.39, 0.29) is 24.0 Å². The van der Waals surface area contributed by atoms with Crippen molar-refractivity contribution in [1.82, 2.24) is 20.6 Å². The van der Waals surface area contributed by atoms with E-state index in [1.165, 1.54) is 24.5 Å². The molecule has 6 rings (SSSR count). The molecule has 4 aromatic rings. The van der Waals surface area contributed by atoms with Gasteiger partial charge in [-0.1, -0.05) is 12.1 Å². The zero-order valence-corrected chi connectivity index (χ0v) is 27.8. The molecule has 2 amide bonds. The van der Waals surface area contributed by atoms with Crippen molar-refractivity contribution in [2.75, 3.05) is 63.2 Å². The second-order valence-electron chi connectivity index (χ2n) is 11.1. The van der Waals surface area contributed by atoms with Gasteiger partial charge in [0, 0.05) is 78.8 Å². The SMILES string of the molecule is CCOc1cc(C(=O)Nc2ccc([C@H]3CNCCO3)c(F)c2)ccn1.CCOc1ccc(C(=O)Nc2ccc([C@H]3CNCCO3)c(F)c2)cn1. The number of nitrogens with one attached hydrogen (secondary N) is 4. The molecule has 2 saturated heterocycles. The molecule has 2 aliphatic rings. The molecular weight excluding hydrogens is 650 g/mol. The van der Waals surface area contributed by atoms with Crippen molar-refractivity contribution in [2.45, 2.75) is 26.1 Å². The maximum atomic E-state index is 14.4. The summed E-state index contributed by atoms with van der Waals surface area (Å²) in [5, 5.41) is 11.7. The maximum Gasteiger partial charge on any atom is 0.257 e. The molecule has 4 heterocycles. The predicted molar refractivity (Wildman–Crippen MR) is 183 cm³/mol. The van der Waals surface area contributed by atoms with E-state index in [4.69, 9.17) is 18.9 Å². The van der Waals surface area contributed by atoms with E-state index in [2.05, 4.69) is 31.2 Å². The number of anilines is 2. The number of ether oxygens (including phenoxy) is 4. The summed E-state index contributed by atoms with van der Waals surface area (Å²) >= 11 is 0. The molecule has 2 aliphatic heterocycles. The Morgan fingerprint density at radius 2 is 1.30 bits per heavy atom. The van der Waals surface area contributed by atoms with Crippen LogP contribution in [0.1, 0.15) is 57.9 Å². The summed E-state index contributed by atoms with van der Waals surface area (Å²) in [6, 6.07) is 15.6. The molecule has 264 valence electrons. The minimum atomic E-state index is -0.406. The van der Waals surface area contributed by atoms with Crippen LogP contribution in [0.15, 0.2) is 73.1 Å². The molecule has 12 nitrogen and oxygen atoms in total. The van der Waals surface area contributed by atoms with E-state index >= 15 is 0 Å². The van der Waals surface area contributed by atoms with Crippen LogP contribution < -0.4 is 30.7 Å². The third-order valence-electron chi connectivity index (χ3n) is 7.65. The standard InChI is InChI=1S/2C18H20FN3O3/c1-2-24-17-6-3-12(10-21-17)18(23)22-13-4-5-14(15(19)9-13)16-11-20-7-8-25-16;1-2-24-17-9-12(5-6-21-17)18(23)22-13-3-4-14(15(19)10-13)16-11-20-7-8-25-16/h2*3-6,9-10,16,20H,2,7-8,11H2,1H3,(H,22,23)/t2*16-/m11/s1. The number of pyridine rings is 2. The number of amides is 2. The van der Waals surface area contributed by atoms with E-state index in [0.29, 0.717) is 84.9 Å². The molecule has 0 aliphatic carbocycles.